The van der Waals surface area contributed by atoms with Gasteiger partial charge in [-0.15, -0.1) is 0 Å². The highest BCUT2D eigenvalue weighted by molar-refractivity contribution is 5.90. The number of carbonyl (C=O) groups excluding carboxylic acids is 2. The zero-order chi connectivity index (χ0) is 11.9. The fourth-order valence-electron chi connectivity index (χ4n) is 2.68. The predicted molar refractivity (Wildman–Crippen MR) is 58.6 cm³/mol. The van der Waals surface area contributed by atoms with Gasteiger partial charge in [0.05, 0.1) is 0 Å². The smallest absolute Gasteiger partial charge is 0.329 e. The second-order valence-electron chi connectivity index (χ2n) is 5.72. The van der Waals surface area contributed by atoms with Gasteiger partial charge in [0, 0.05) is 11.8 Å². The Kier molecular flexibility index (Phi) is 2.68. The molecule has 0 aromatic heterocycles. The molecule has 16 heavy (non-hydrogen) atoms. The van der Waals surface area contributed by atoms with E-state index in [-0.39, 0.29) is 23.7 Å². The Morgan fingerprint density at radius 2 is 2.06 bits per heavy atom. The van der Waals surface area contributed by atoms with Gasteiger partial charge < -0.3 is 10.1 Å². The van der Waals surface area contributed by atoms with Crippen LogP contribution in [0.1, 0.15) is 40.0 Å². The molecule has 0 spiro atoms. The summed E-state index contributed by atoms with van der Waals surface area (Å²) in [4.78, 5) is 23.5. The molecule has 3 unspecified atom stereocenters. The third kappa shape index (κ3) is 2.06. The van der Waals surface area contributed by atoms with Crippen LogP contribution in [0.5, 0.6) is 0 Å². The number of rotatable bonds is 1. The van der Waals surface area contributed by atoms with Crippen LogP contribution in [-0.2, 0) is 14.3 Å². The summed E-state index contributed by atoms with van der Waals surface area (Å²) in [6.07, 6.45) is 2.91. The van der Waals surface area contributed by atoms with Gasteiger partial charge in [-0.3, -0.25) is 4.79 Å². The van der Waals surface area contributed by atoms with Crippen LogP contribution in [0, 0.1) is 11.8 Å². The molecule has 0 aromatic rings. The van der Waals surface area contributed by atoms with Crippen molar-refractivity contribution in [1.82, 2.24) is 5.32 Å². The molecule has 3 atom stereocenters. The van der Waals surface area contributed by atoms with Crippen molar-refractivity contribution in [2.24, 2.45) is 11.8 Å². The first kappa shape index (κ1) is 11.4. The van der Waals surface area contributed by atoms with Gasteiger partial charge in [0.15, 0.2) is 0 Å². The summed E-state index contributed by atoms with van der Waals surface area (Å²) < 4.78 is 5.32. The van der Waals surface area contributed by atoms with E-state index in [4.69, 9.17) is 4.74 Å². The Morgan fingerprint density at radius 1 is 1.38 bits per heavy atom. The lowest BCUT2D eigenvalue weighted by atomic mass is 9.94. The summed E-state index contributed by atoms with van der Waals surface area (Å²) in [7, 11) is 0. The maximum Gasteiger partial charge on any atom is 0.329 e. The molecule has 4 heteroatoms. The molecule has 4 nitrogen and oxygen atoms in total. The third-order valence-corrected chi connectivity index (χ3v) is 3.29. The fraction of sp³-hybridized carbons (Fsp3) is 0.833. The average molecular weight is 225 g/mol. The summed E-state index contributed by atoms with van der Waals surface area (Å²) in [6, 6.07) is -0.417. The summed E-state index contributed by atoms with van der Waals surface area (Å²) >= 11 is 0. The molecule has 2 fully saturated rings. The second kappa shape index (κ2) is 3.75. The monoisotopic (exact) mass is 225 g/mol. The molecule has 1 aliphatic carbocycles. The molecule has 2 aliphatic rings. The van der Waals surface area contributed by atoms with Crippen molar-refractivity contribution in [2.75, 3.05) is 0 Å². The Balaban J connectivity index is 2.05. The van der Waals surface area contributed by atoms with Gasteiger partial charge in [0.25, 0.3) is 0 Å². The number of amides is 1. The first-order valence-corrected chi connectivity index (χ1v) is 5.92. The van der Waals surface area contributed by atoms with E-state index in [0.29, 0.717) is 0 Å². The van der Waals surface area contributed by atoms with Crippen LogP contribution in [0.2, 0.25) is 0 Å². The fourth-order valence-corrected chi connectivity index (χ4v) is 2.68. The number of esters is 1. The zero-order valence-corrected chi connectivity index (χ0v) is 10.1. The van der Waals surface area contributed by atoms with Crippen molar-refractivity contribution in [1.29, 1.82) is 0 Å². The lowest BCUT2D eigenvalue weighted by Crippen LogP contribution is -2.41. The SMILES string of the molecule is CC(C)(C)OC(=O)C1NC(=O)C2CCCC21. The van der Waals surface area contributed by atoms with E-state index in [1.807, 2.05) is 20.8 Å². The van der Waals surface area contributed by atoms with Crippen LogP contribution in [0.25, 0.3) is 0 Å². The molecule has 1 aliphatic heterocycles. The Labute approximate surface area is 95.7 Å². The Morgan fingerprint density at radius 3 is 2.69 bits per heavy atom. The van der Waals surface area contributed by atoms with Crippen LogP contribution < -0.4 is 5.32 Å². The lowest BCUT2D eigenvalue weighted by Gasteiger charge is -2.24. The van der Waals surface area contributed by atoms with Crippen molar-refractivity contribution in [2.45, 2.75) is 51.7 Å². The number of fused-ring (bicyclic) bond motifs is 1. The summed E-state index contributed by atoms with van der Waals surface area (Å²) in [5, 5.41) is 2.76. The van der Waals surface area contributed by atoms with Crippen LogP contribution in [0.15, 0.2) is 0 Å². The van der Waals surface area contributed by atoms with Gasteiger partial charge in [-0.25, -0.2) is 4.79 Å². The minimum absolute atomic E-state index is 0.0263. The Bertz CT molecular complexity index is 319. The van der Waals surface area contributed by atoms with Crippen LogP contribution in [0.4, 0.5) is 0 Å². The molecule has 0 bridgehead atoms. The second-order valence-corrected chi connectivity index (χ2v) is 5.72. The van der Waals surface area contributed by atoms with Gasteiger partial charge in [-0.2, -0.15) is 0 Å². The van der Waals surface area contributed by atoms with Gasteiger partial charge in [-0.05, 0) is 33.6 Å². The van der Waals surface area contributed by atoms with E-state index in [1.54, 1.807) is 0 Å². The normalized spacial score (nSPS) is 33.4. The van der Waals surface area contributed by atoms with E-state index in [2.05, 4.69) is 5.32 Å². The molecule has 0 aromatic carbocycles. The van der Waals surface area contributed by atoms with E-state index >= 15 is 0 Å². The minimum atomic E-state index is -0.488. The molecule has 1 saturated heterocycles. The van der Waals surface area contributed by atoms with E-state index < -0.39 is 11.6 Å². The van der Waals surface area contributed by atoms with Crippen molar-refractivity contribution >= 4 is 11.9 Å². The molecule has 0 radical (unpaired) electrons. The highest BCUT2D eigenvalue weighted by Crippen LogP contribution is 2.39. The Hall–Kier alpha value is -1.06. The number of ether oxygens (including phenoxy) is 1. The molecule has 90 valence electrons. The van der Waals surface area contributed by atoms with Crippen LogP contribution in [-0.4, -0.2) is 23.5 Å². The third-order valence-electron chi connectivity index (χ3n) is 3.29. The molecule has 1 heterocycles. The summed E-state index contributed by atoms with van der Waals surface area (Å²) in [5.74, 6) is -0.0616. The van der Waals surface area contributed by atoms with Gasteiger partial charge >= 0.3 is 5.97 Å². The number of carbonyl (C=O) groups is 2. The quantitative estimate of drug-likeness (QED) is 0.683. The average Bonchev–Trinajstić information content (AvgIpc) is 2.66. The molecular formula is C12H19NO3. The largest absolute Gasteiger partial charge is 0.458 e. The van der Waals surface area contributed by atoms with E-state index in [9.17, 15) is 9.59 Å². The van der Waals surface area contributed by atoms with Crippen molar-refractivity contribution in [3.63, 3.8) is 0 Å². The maximum absolute atomic E-state index is 11.9. The number of hydrogen-bond acceptors (Lipinski definition) is 3. The zero-order valence-electron chi connectivity index (χ0n) is 10.1. The molecule has 1 N–H and O–H groups in total. The lowest BCUT2D eigenvalue weighted by molar-refractivity contribution is -0.158. The van der Waals surface area contributed by atoms with Gasteiger partial charge in [-0.1, -0.05) is 6.42 Å². The van der Waals surface area contributed by atoms with Crippen LogP contribution in [0.3, 0.4) is 0 Å². The van der Waals surface area contributed by atoms with Gasteiger partial charge in [0.2, 0.25) is 5.91 Å². The summed E-state index contributed by atoms with van der Waals surface area (Å²) in [5.41, 5.74) is -0.488. The highest BCUT2D eigenvalue weighted by atomic mass is 16.6. The van der Waals surface area contributed by atoms with Gasteiger partial charge in [0.1, 0.15) is 11.6 Å². The topological polar surface area (TPSA) is 55.4 Å². The summed E-state index contributed by atoms with van der Waals surface area (Å²) in [6.45, 7) is 5.52. The molecule has 1 saturated carbocycles. The molecule has 2 rings (SSSR count). The maximum atomic E-state index is 11.9. The molecular weight excluding hydrogens is 206 g/mol. The number of hydrogen-bond donors (Lipinski definition) is 1. The van der Waals surface area contributed by atoms with Crippen molar-refractivity contribution in [3.8, 4) is 0 Å². The standard InChI is InChI=1S/C12H19NO3/c1-12(2,3)16-11(15)9-7-5-4-6-8(7)10(14)13-9/h7-9H,4-6H2,1-3H3,(H,13,14). The van der Waals surface area contributed by atoms with Crippen molar-refractivity contribution in [3.05, 3.63) is 0 Å². The molecule has 1 amide bonds. The predicted octanol–water partition coefficient (Wildman–Crippen LogP) is 1.24. The van der Waals surface area contributed by atoms with Crippen molar-refractivity contribution < 1.29 is 14.3 Å². The van der Waals surface area contributed by atoms with E-state index in [1.165, 1.54) is 0 Å². The first-order valence-electron chi connectivity index (χ1n) is 5.92. The number of nitrogens with one attached hydrogen (secondary N) is 1. The minimum Gasteiger partial charge on any atom is -0.458 e. The highest BCUT2D eigenvalue weighted by Gasteiger charge is 2.49. The first-order chi connectivity index (χ1) is 7.38. The van der Waals surface area contributed by atoms with Crippen LogP contribution >= 0.6 is 0 Å². The van der Waals surface area contributed by atoms with E-state index in [0.717, 1.165) is 19.3 Å².